The van der Waals surface area contributed by atoms with Crippen molar-refractivity contribution in [2.75, 3.05) is 13.1 Å². The van der Waals surface area contributed by atoms with E-state index in [2.05, 4.69) is 10.0 Å². The topological polar surface area (TPSA) is 58.2 Å². The maximum absolute atomic E-state index is 13.3. The normalized spacial score (nSPS) is 20.7. The maximum atomic E-state index is 13.3. The van der Waals surface area contributed by atoms with Gasteiger partial charge in [-0.1, -0.05) is 0 Å². The standard InChI is InChI=1S/C10H12F2N2O2S/c11-7-1-2-10(9(12)5-7)17(15,16)14-8-3-4-13-6-8/h1-2,5,8,13-14H,3-4,6H2. The Morgan fingerprint density at radius 2 is 2.12 bits per heavy atom. The quantitative estimate of drug-likeness (QED) is 0.839. The highest BCUT2D eigenvalue weighted by Gasteiger charge is 2.25. The van der Waals surface area contributed by atoms with Gasteiger partial charge in [-0.3, -0.25) is 0 Å². The lowest BCUT2D eigenvalue weighted by Gasteiger charge is -2.12. The van der Waals surface area contributed by atoms with E-state index in [0.717, 1.165) is 18.7 Å². The first-order valence-corrected chi connectivity index (χ1v) is 6.65. The Kier molecular flexibility index (Phi) is 3.41. The van der Waals surface area contributed by atoms with Gasteiger partial charge >= 0.3 is 0 Å². The van der Waals surface area contributed by atoms with Crippen molar-refractivity contribution in [1.82, 2.24) is 10.0 Å². The molecule has 7 heteroatoms. The van der Waals surface area contributed by atoms with Crippen molar-refractivity contribution in [3.8, 4) is 0 Å². The molecule has 1 saturated heterocycles. The fraction of sp³-hybridized carbons (Fsp3) is 0.400. The van der Waals surface area contributed by atoms with Gasteiger partial charge < -0.3 is 5.32 Å². The van der Waals surface area contributed by atoms with Gasteiger partial charge in [-0.05, 0) is 25.1 Å². The SMILES string of the molecule is O=S(=O)(NC1CCNC1)c1ccc(F)cc1F. The lowest BCUT2D eigenvalue weighted by Crippen LogP contribution is -2.36. The second-order valence-corrected chi connectivity index (χ2v) is 5.57. The van der Waals surface area contributed by atoms with E-state index in [9.17, 15) is 17.2 Å². The van der Waals surface area contributed by atoms with E-state index >= 15 is 0 Å². The van der Waals surface area contributed by atoms with Crippen LogP contribution in [0, 0.1) is 11.6 Å². The summed E-state index contributed by atoms with van der Waals surface area (Å²) in [5.41, 5.74) is 0. The van der Waals surface area contributed by atoms with Crippen LogP contribution in [0.1, 0.15) is 6.42 Å². The second kappa shape index (κ2) is 4.67. The van der Waals surface area contributed by atoms with Crippen LogP contribution >= 0.6 is 0 Å². The summed E-state index contributed by atoms with van der Waals surface area (Å²) in [5, 5.41) is 2.99. The number of sulfonamides is 1. The molecule has 1 aliphatic rings. The molecule has 1 aliphatic heterocycles. The third-order valence-corrected chi connectivity index (χ3v) is 4.12. The van der Waals surface area contributed by atoms with E-state index in [-0.39, 0.29) is 6.04 Å². The van der Waals surface area contributed by atoms with Gasteiger partial charge in [0.1, 0.15) is 16.5 Å². The summed E-state index contributed by atoms with van der Waals surface area (Å²) in [5.74, 6) is -1.88. The summed E-state index contributed by atoms with van der Waals surface area (Å²) in [6, 6.07) is 2.16. The second-order valence-electron chi connectivity index (χ2n) is 3.89. The van der Waals surface area contributed by atoms with Crippen LogP contribution in [-0.2, 0) is 10.0 Å². The van der Waals surface area contributed by atoms with Gasteiger partial charge in [0.05, 0.1) is 0 Å². The fourth-order valence-electron chi connectivity index (χ4n) is 1.73. The third kappa shape index (κ3) is 2.80. The summed E-state index contributed by atoms with van der Waals surface area (Å²) in [6.45, 7) is 1.24. The van der Waals surface area contributed by atoms with Crippen molar-refractivity contribution in [1.29, 1.82) is 0 Å². The van der Waals surface area contributed by atoms with Crippen LogP contribution in [0.5, 0.6) is 0 Å². The molecule has 1 heterocycles. The number of rotatable bonds is 3. The smallest absolute Gasteiger partial charge is 0.243 e. The summed E-state index contributed by atoms with van der Waals surface area (Å²) in [4.78, 5) is -0.522. The summed E-state index contributed by atoms with van der Waals surface area (Å²) in [6.07, 6.45) is 0.655. The van der Waals surface area contributed by atoms with E-state index in [4.69, 9.17) is 0 Å². The van der Waals surface area contributed by atoms with Gasteiger partial charge in [-0.15, -0.1) is 0 Å². The van der Waals surface area contributed by atoms with E-state index in [0.29, 0.717) is 19.0 Å². The molecule has 1 fully saturated rings. The molecule has 0 saturated carbocycles. The first-order chi connectivity index (χ1) is 7.99. The zero-order valence-corrected chi connectivity index (χ0v) is 9.73. The monoisotopic (exact) mass is 262 g/mol. The zero-order valence-electron chi connectivity index (χ0n) is 8.91. The Hall–Kier alpha value is -1.05. The molecule has 1 atom stereocenters. The molecule has 0 aromatic heterocycles. The summed E-state index contributed by atoms with van der Waals surface area (Å²) in [7, 11) is -3.92. The van der Waals surface area contributed by atoms with Gasteiger partial charge in [0, 0.05) is 18.7 Å². The van der Waals surface area contributed by atoms with Crippen LogP contribution < -0.4 is 10.0 Å². The number of hydrogen-bond donors (Lipinski definition) is 2. The summed E-state index contributed by atoms with van der Waals surface area (Å²) < 4.78 is 52.0. The lowest BCUT2D eigenvalue weighted by atomic mass is 10.3. The minimum Gasteiger partial charge on any atom is -0.315 e. The van der Waals surface area contributed by atoms with Crippen LogP contribution in [0.2, 0.25) is 0 Å². The van der Waals surface area contributed by atoms with Crippen molar-refractivity contribution in [2.45, 2.75) is 17.4 Å². The van der Waals surface area contributed by atoms with E-state index in [1.807, 2.05) is 0 Å². The van der Waals surface area contributed by atoms with Crippen LogP contribution in [0.15, 0.2) is 23.1 Å². The lowest BCUT2D eigenvalue weighted by molar-refractivity contribution is 0.533. The highest BCUT2D eigenvalue weighted by atomic mass is 32.2. The predicted octanol–water partition coefficient (Wildman–Crippen LogP) is 0.605. The van der Waals surface area contributed by atoms with Gasteiger partial charge in [0.2, 0.25) is 10.0 Å². The molecule has 0 spiro atoms. The molecule has 0 radical (unpaired) electrons. The van der Waals surface area contributed by atoms with Crippen molar-refractivity contribution in [3.05, 3.63) is 29.8 Å². The Morgan fingerprint density at radius 1 is 1.35 bits per heavy atom. The van der Waals surface area contributed by atoms with Crippen molar-refractivity contribution in [2.24, 2.45) is 0 Å². The average Bonchev–Trinajstić information content (AvgIpc) is 2.68. The number of benzene rings is 1. The van der Waals surface area contributed by atoms with Crippen molar-refractivity contribution < 1.29 is 17.2 Å². The van der Waals surface area contributed by atoms with Gasteiger partial charge in [-0.25, -0.2) is 21.9 Å². The van der Waals surface area contributed by atoms with Gasteiger partial charge in [-0.2, -0.15) is 0 Å². The van der Waals surface area contributed by atoms with Crippen LogP contribution in [-0.4, -0.2) is 27.5 Å². The molecule has 17 heavy (non-hydrogen) atoms. The molecular formula is C10H12F2N2O2S. The first kappa shape index (κ1) is 12.4. The molecule has 2 rings (SSSR count). The molecule has 1 unspecified atom stereocenters. The van der Waals surface area contributed by atoms with E-state index in [1.54, 1.807) is 0 Å². The molecule has 4 nitrogen and oxygen atoms in total. The molecule has 0 aliphatic carbocycles. The van der Waals surface area contributed by atoms with Crippen LogP contribution in [0.3, 0.4) is 0 Å². The molecule has 1 aromatic carbocycles. The molecule has 94 valence electrons. The van der Waals surface area contributed by atoms with Crippen LogP contribution in [0.25, 0.3) is 0 Å². The molecule has 0 bridgehead atoms. The minimum atomic E-state index is -3.92. The zero-order chi connectivity index (χ0) is 12.5. The van der Waals surface area contributed by atoms with Crippen LogP contribution in [0.4, 0.5) is 8.78 Å². The third-order valence-electron chi connectivity index (χ3n) is 2.57. The number of nitrogens with one attached hydrogen (secondary N) is 2. The van der Waals surface area contributed by atoms with Gasteiger partial charge in [0.15, 0.2) is 0 Å². The van der Waals surface area contributed by atoms with Gasteiger partial charge in [0.25, 0.3) is 0 Å². The number of hydrogen-bond acceptors (Lipinski definition) is 3. The molecule has 1 aromatic rings. The molecule has 2 N–H and O–H groups in total. The maximum Gasteiger partial charge on any atom is 0.243 e. The fourth-order valence-corrected chi connectivity index (χ4v) is 3.06. The highest BCUT2D eigenvalue weighted by molar-refractivity contribution is 7.89. The highest BCUT2D eigenvalue weighted by Crippen LogP contribution is 2.16. The van der Waals surface area contributed by atoms with Crippen molar-refractivity contribution in [3.63, 3.8) is 0 Å². The van der Waals surface area contributed by atoms with Crippen molar-refractivity contribution >= 4 is 10.0 Å². The Labute approximate surface area is 98.1 Å². The van der Waals surface area contributed by atoms with E-state index in [1.165, 1.54) is 0 Å². The predicted molar refractivity (Wildman–Crippen MR) is 58.0 cm³/mol. The summed E-state index contributed by atoms with van der Waals surface area (Å²) >= 11 is 0. The Balaban J connectivity index is 2.24. The molecule has 0 amide bonds. The first-order valence-electron chi connectivity index (χ1n) is 5.17. The Bertz CT molecular complexity index is 513. The minimum absolute atomic E-state index is 0.246. The number of halogens is 2. The Morgan fingerprint density at radius 3 is 2.71 bits per heavy atom. The van der Waals surface area contributed by atoms with E-state index < -0.39 is 26.6 Å². The average molecular weight is 262 g/mol. The molecular weight excluding hydrogens is 250 g/mol. The largest absolute Gasteiger partial charge is 0.315 e.